The number of hydrogen-bond acceptors (Lipinski definition) is 1. The first-order chi connectivity index (χ1) is 6.88. The summed E-state index contributed by atoms with van der Waals surface area (Å²) in [4.78, 5) is 0. The van der Waals surface area contributed by atoms with E-state index in [9.17, 15) is 13.2 Å². The second-order valence-corrected chi connectivity index (χ2v) is 3.11. The third-order valence-corrected chi connectivity index (χ3v) is 1.59. The number of aliphatic hydroxyl groups is 1. The topological polar surface area (TPSA) is 20.2 Å². The van der Waals surface area contributed by atoms with Gasteiger partial charge in [-0.2, -0.15) is 13.2 Å². The van der Waals surface area contributed by atoms with E-state index >= 15 is 0 Å². The molecule has 1 N–H and O–H groups in total. The zero-order valence-corrected chi connectivity index (χ0v) is 8.80. The van der Waals surface area contributed by atoms with Gasteiger partial charge in [0.05, 0.1) is 11.3 Å². The van der Waals surface area contributed by atoms with Crippen LogP contribution in [0.1, 0.15) is 26.7 Å². The molecule has 4 heteroatoms. The van der Waals surface area contributed by atoms with E-state index in [1.54, 1.807) is 0 Å². The second kappa shape index (κ2) is 6.32. The van der Waals surface area contributed by atoms with E-state index in [0.717, 1.165) is 12.2 Å². The lowest BCUT2D eigenvalue weighted by Gasteiger charge is -2.06. The van der Waals surface area contributed by atoms with Gasteiger partial charge in [-0.25, -0.2) is 0 Å². The molecule has 0 heterocycles. The largest absolute Gasteiger partial charge is 0.513 e. The normalized spacial score (nSPS) is 15.0. The lowest BCUT2D eigenvalue weighted by molar-refractivity contribution is -0.0884. The van der Waals surface area contributed by atoms with E-state index in [-0.39, 0.29) is 5.76 Å². The lowest BCUT2D eigenvalue weighted by Crippen LogP contribution is -2.09. The molecule has 0 aliphatic carbocycles. The average Bonchev–Trinajstić information content (AvgIpc) is 2.08. The van der Waals surface area contributed by atoms with Crippen LogP contribution >= 0.6 is 0 Å². The van der Waals surface area contributed by atoms with E-state index in [0.29, 0.717) is 12.8 Å². The van der Waals surface area contributed by atoms with Gasteiger partial charge in [-0.1, -0.05) is 31.6 Å². The minimum absolute atomic E-state index is 0.0248. The fraction of sp³-hybridized carbons (Fsp3) is 0.455. The first-order valence-electron chi connectivity index (χ1n) is 4.69. The monoisotopic (exact) mass is 220 g/mol. The highest BCUT2D eigenvalue weighted by molar-refractivity contribution is 5.26. The predicted molar refractivity (Wildman–Crippen MR) is 54.6 cm³/mol. The zero-order chi connectivity index (χ0) is 11.9. The van der Waals surface area contributed by atoms with E-state index in [1.807, 2.05) is 6.92 Å². The van der Waals surface area contributed by atoms with Crippen LogP contribution in [0.4, 0.5) is 13.2 Å². The Morgan fingerprint density at radius 3 is 2.33 bits per heavy atom. The summed E-state index contributed by atoms with van der Waals surface area (Å²) in [6, 6.07) is 0. The maximum Gasteiger partial charge on any atom is 0.416 e. The van der Waals surface area contributed by atoms with Gasteiger partial charge in [-0.3, -0.25) is 0 Å². The van der Waals surface area contributed by atoms with Crippen molar-refractivity contribution in [3.8, 4) is 0 Å². The summed E-state index contributed by atoms with van der Waals surface area (Å²) >= 11 is 0. The highest BCUT2D eigenvalue weighted by atomic mass is 19.4. The smallest absolute Gasteiger partial charge is 0.416 e. The number of alkyl halides is 3. The lowest BCUT2D eigenvalue weighted by atomic mass is 10.1. The summed E-state index contributed by atoms with van der Waals surface area (Å²) in [5.41, 5.74) is -0.679. The van der Waals surface area contributed by atoms with Crippen LogP contribution in [0.3, 0.4) is 0 Å². The third kappa shape index (κ3) is 6.82. The van der Waals surface area contributed by atoms with Crippen molar-refractivity contribution < 1.29 is 18.3 Å². The van der Waals surface area contributed by atoms with E-state index in [4.69, 9.17) is 5.11 Å². The highest BCUT2D eigenvalue weighted by Gasteiger charge is 2.30. The van der Waals surface area contributed by atoms with Crippen LogP contribution in [0.2, 0.25) is 0 Å². The first-order valence-corrected chi connectivity index (χ1v) is 4.69. The molecule has 15 heavy (non-hydrogen) atoms. The summed E-state index contributed by atoms with van der Waals surface area (Å²) in [6.45, 7) is 3.21. The highest BCUT2D eigenvalue weighted by Crippen LogP contribution is 2.27. The van der Waals surface area contributed by atoms with Gasteiger partial charge in [0, 0.05) is 0 Å². The maximum atomic E-state index is 12.4. The molecule has 0 saturated carbocycles. The van der Waals surface area contributed by atoms with Crippen molar-refractivity contribution in [1.82, 2.24) is 0 Å². The molecule has 0 bridgehead atoms. The summed E-state index contributed by atoms with van der Waals surface area (Å²) in [5, 5.41) is 8.75. The van der Waals surface area contributed by atoms with Gasteiger partial charge in [-0.05, 0) is 19.4 Å². The minimum atomic E-state index is -4.33. The van der Waals surface area contributed by atoms with Crippen LogP contribution in [0.25, 0.3) is 0 Å². The Balaban J connectivity index is 4.67. The Labute approximate surface area is 87.6 Å². The molecule has 0 amide bonds. The predicted octanol–water partition coefficient (Wildman–Crippen LogP) is 4.29. The number of hydrogen-bond donors (Lipinski definition) is 1. The summed E-state index contributed by atoms with van der Waals surface area (Å²) in [7, 11) is 0. The van der Waals surface area contributed by atoms with E-state index < -0.39 is 11.7 Å². The van der Waals surface area contributed by atoms with Crippen LogP contribution in [0.5, 0.6) is 0 Å². The van der Waals surface area contributed by atoms with E-state index in [2.05, 4.69) is 0 Å². The van der Waals surface area contributed by atoms with Crippen molar-refractivity contribution in [3.05, 3.63) is 35.6 Å². The molecule has 0 aliphatic rings. The molecular formula is C11H15F3O. The molecule has 0 rings (SSSR count). The van der Waals surface area contributed by atoms with Crippen molar-refractivity contribution >= 4 is 0 Å². The Hall–Kier alpha value is -1.19. The molecule has 0 aromatic heterocycles. The molecule has 86 valence electrons. The zero-order valence-electron chi connectivity index (χ0n) is 8.80. The maximum absolute atomic E-state index is 12.4. The molecule has 0 aromatic carbocycles. The molecule has 0 fully saturated rings. The summed E-state index contributed by atoms with van der Waals surface area (Å²) < 4.78 is 37.1. The van der Waals surface area contributed by atoms with Crippen LogP contribution in [0.15, 0.2) is 35.6 Å². The third-order valence-electron chi connectivity index (χ3n) is 1.59. The average molecular weight is 220 g/mol. The van der Waals surface area contributed by atoms with Gasteiger partial charge in [0.25, 0.3) is 0 Å². The number of allylic oxidation sites excluding steroid dienone is 6. The van der Waals surface area contributed by atoms with Gasteiger partial charge in [0.2, 0.25) is 0 Å². The Morgan fingerprint density at radius 2 is 1.93 bits per heavy atom. The Kier molecular flexibility index (Phi) is 5.82. The van der Waals surface area contributed by atoms with E-state index in [1.165, 1.54) is 19.1 Å². The number of halogens is 3. The molecule has 0 radical (unpaired) electrons. The van der Waals surface area contributed by atoms with Crippen LogP contribution < -0.4 is 0 Å². The second-order valence-electron chi connectivity index (χ2n) is 3.11. The molecule has 0 unspecified atom stereocenters. The molecule has 0 aromatic rings. The SMILES string of the molecule is CCC/C=C(/C=C\C=C(/C)O)C(F)(F)F. The van der Waals surface area contributed by atoms with Crippen molar-refractivity contribution in [2.45, 2.75) is 32.9 Å². The Morgan fingerprint density at radius 1 is 1.33 bits per heavy atom. The molecular weight excluding hydrogens is 205 g/mol. The molecule has 0 atom stereocenters. The first kappa shape index (κ1) is 13.8. The number of unbranched alkanes of at least 4 members (excludes halogenated alkanes) is 1. The number of aliphatic hydroxyl groups excluding tert-OH is 1. The van der Waals surface area contributed by atoms with Crippen molar-refractivity contribution in [2.24, 2.45) is 0 Å². The molecule has 0 spiro atoms. The van der Waals surface area contributed by atoms with Crippen molar-refractivity contribution in [3.63, 3.8) is 0 Å². The van der Waals surface area contributed by atoms with Gasteiger partial charge in [0.1, 0.15) is 0 Å². The van der Waals surface area contributed by atoms with Gasteiger partial charge >= 0.3 is 6.18 Å². The summed E-state index contributed by atoms with van der Waals surface area (Å²) in [5.74, 6) is -0.0248. The quantitative estimate of drug-likeness (QED) is 0.553. The fourth-order valence-electron chi connectivity index (χ4n) is 0.869. The van der Waals surface area contributed by atoms with Gasteiger partial charge in [-0.15, -0.1) is 0 Å². The van der Waals surface area contributed by atoms with Crippen molar-refractivity contribution in [1.29, 1.82) is 0 Å². The standard InChI is InChI=1S/C11H15F3O/c1-3-4-7-10(11(12,13)14)8-5-6-9(2)15/h5-8,15H,3-4H2,1-2H3/b8-5-,9-6+,10-7-. The van der Waals surface area contributed by atoms with Crippen molar-refractivity contribution in [2.75, 3.05) is 0 Å². The minimum Gasteiger partial charge on any atom is -0.513 e. The molecule has 0 aliphatic heterocycles. The molecule has 0 saturated heterocycles. The van der Waals surface area contributed by atoms with Crippen LogP contribution in [-0.4, -0.2) is 11.3 Å². The van der Waals surface area contributed by atoms with Crippen LogP contribution in [-0.2, 0) is 0 Å². The number of rotatable bonds is 4. The molecule has 1 nitrogen and oxygen atoms in total. The van der Waals surface area contributed by atoms with Crippen LogP contribution in [0, 0.1) is 0 Å². The van der Waals surface area contributed by atoms with Gasteiger partial charge < -0.3 is 5.11 Å². The fourth-order valence-corrected chi connectivity index (χ4v) is 0.869. The van der Waals surface area contributed by atoms with Gasteiger partial charge in [0.15, 0.2) is 0 Å². The summed E-state index contributed by atoms with van der Waals surface area (Å²) in [6.07, 6.45) is 1.23. The Bertz CT molecular complexity index is 268.